The van der Waals surface area contributed by atoms with Crippen LogP contribution >= 0.6 is 11.3 Å². The molecule has 0 aliphatic rings. The molecule has 31 heavy (non-hydrogen) atoms. The summed E-state index contributed by atoms with van der Waals surface area (Å²) in [5.74, 6) is 0.982. The average Bonchev–Trinajstić information content (AvgIpc) is 3.22. The summed E-state index contributed by atoms with van der Waals surface area (Å²) in [6, 6.07) is 16.8. The van der Waals surface area contributed by atoms with E-state index in [1.54, 1.807) is 43.9 Å². The van der Waals surface area contributed by atoms with E-state index in [2.05, 4.69) is 10.5 Å². The number of nitrogens with zero attached hydrogens (tertiary/aromatic N) is 2. The molecule has 0 unspecified atom stereocenters. The Bertz CT molecular complexity index is 1280. The summed E-state index contributed by atoms with van der Waals surface area (Å²) in [6.45, 7) is 2.00. The summed E-state index contributed by atoms with van der Waals surface area (Å²) in [6.07, 6.45) is 1.66. The summed E-state index contributed by atoms with van der Waals surface area (Å²) in [5.41, 5.74) is 6.34. The van der Waals surface area contributed by atoms with Gasteiger partial charge in [0.15, 0.2) is 0 Å². The van der Waals surface area contributed by atoms with Gasteiger partial charge in [-0.15, -0.1) is 11.3 Å². The highest BCUT2D eigenvalue weighted by Crippen LogP contribution is 2.34. The molecule has 0 atom stereocenters. The number of methoxy groups -OCH3 is 2. The van der Waals surface area contributed by atoms with E-state index in [-0.39, 0.29) is 5.91 Å². The first-order valence-electron chi connectivity index (χ1n) is 9.60. The van der Waals surface area contributed by atoms with Gasteiger partial charge in [-0.1, -0.05) is 18.2 Å². The number of fused-ring (bicyclic) bond motifs is 1. The number of carbonyl (C=O) groups is 1. The number of para-hydroxylation sites is 1. The second kappa shape index (κ2) is 8.97. The second-order valence-corrected chi connectivity index (χ2v) is 7.75. The zero-order chi connectivity index (χ0) is 21.8. The van der Waals surface area contributed by atoms with Crippen molar-refractivity contribution in [2.45, 2.75) is 6.92 Å². The molecule has 2 aromatic heterocycles. The number of ether oxygens (including phenoxy) is 2. The molecule has 2 aromatic carbocycles. The van der Waals surface area contributed by atoms with E-state index in [0.29, 0.717) is 28.3 Å². The summed E-state index contributed by atoms with van der Waals surface area (Å²) in [5, 5.41) is 6.88. The number of thiophene rings is 1. The fraction of sp³-hybridized carbons (Fsp3) is 0.125. The van der Waals surface area contributed by atoms with E-state index in [1.165, 1.54) is 0 Å². The fourth-order valence-corrected chi connectivity index (χ4v) is 4.02. The summed E-state index contributed by atoms with van der Waals surface area (Å²) >= 11 is 1.57. The van der Waals surface area contributed by atoms with Crippen LogP contribution in [0.4, 0.5) is 0 Å². The first-order chi connectivity index (χ1) is 15.1. The third-order valence-corrected chi connectivity index (χ3v) is 5.85. The van der Waals surface area contributed by atoms with Crippen molar-refractivity contribution in [3.8, 4) is 22.8 Å². The van der Waals surface area contributed by atoms with Crippen LogP contribution in [0.5, 0.6) is 11.5 Å². The monoisotopic (exact) mass is 431 g/mol. The van der Waals surface area contributed by atoms with Crippen LogP contribution in [-0.2, 0) is 0 Å². The smallest absolute Gasteiger partial charge is 0.272 e. The molecule has 0 radical (unpaired) electrons. The van der Waals surface area contributed by atoms with E-state index in [1.807, 2.05) is 54.8 Å². The zero-order valence-corrected chi connectivity index (χ0v) is 18.2. The Morgan fingerprint density at radius 2 is 1.94 bits per heavy atom. The van der Waals surface area contributed by atoms with Gasteiger partial charge in [0.25, 0.3) is 5.91 Å². The number of benzene rings is 2. The lowest BCUT2D eigenvalue weighted by molar-refractivity contribution is 0.0956. The summed E-state index contributed by atoms with van der Waals surface area (Å²) in [7, 11) is 3.19. The largest absolute Gasteiger partial charge is 0.497 e. The van der Waals surface area contributed by atoms with E-state index in [9.17, 15) is 4.79 Å². The normalized spacial score (nSPS) is 11.1. The molecule has 0 bridgehead atoms. The molecule has 156 valence electrons. The molecule has 0 aliphatic heterocycles. The Morgan fingerprint density at radius 1 is 1.10 bits per heavy atom. The molecule has 6 nitrogen and oxygen atoms in total. The van der Waals surface area contributed by atoms with Crippen LogP contribution in [-0.4, -0.2) is 31.3 Å². The van der Waals surface area contributed by atoms with Gasteiger partial charge in [0.05, 0.1) is 37.2 Å². The van der Waals surface area contributed by atoms with Gasteiger partial charge in [0.1, 0.15) is 11.5 Å². The molecule has 0 saturated heterocycles. The van der Waals surface area contributed by atoms with Gasteiger partial charge in [-0.25, -0.2) is 10.4 Å². The number of hydrazone groups is 1. The topological polar surface area (TPSA) is 72.8 Å². The van der Waals surface area contributed by atoms with Gasteiger partial charge in [0.2, 0.25) is 0 Å². The third-order valence-electron chi connectivity index (χ3n) is 4.90. The Balaban J connectivity index is 1.74. The van der Waals surface area contributed by atoms with Gasteiger partial charge in [-0.3, -0.25) is 4.79 Å². The Hall–Kier alpha value is -3.71. The standard InChI is InChI=1S/C24H21N3O3S/c1-15-10-11-31-23(15)14-25-27-24(28)19-13-21(26-20-7-5-4-6-17(19)20)18-9-8-16(29-2)12-22(18)30-3/h4-14H,1-3H3,(H,27,28). The van der Waals surface area contributed by atoms with Crippen LogP contribution in [0.1, 0.15) is 20.8 Å². The molecule has 2 heterocycles. The highest BCUT2D eigenvalue weighted by atomic mass is 32.1. The van der Waals surface area contributed by atoms with Crippen LogP contribution in [0.15, 0.2) is 65.1 Å². The number of aromatic nitrogens is 1. The van der Waals surface area contributed by atoms with Crippen LogP contribution < -0.4 is 14.9 Å². The van der Waals surface area contributed by atoms with E-state index in [0.717, 1.165) is 21.4 Å². The highest BCUT2D eigenvalue weighted by Gasteiger charge is 2.16. The molecule has 1 N–H and O–H groups in total. The quantitative estimate of drug-likeness (QED) is 0.342. The maximum Gasteiger partial charge on any atom is 0.272 e. The predicted octanol–water partition coefficient (Wildman–Crippen LogP) is 5.05. The minimum absolute atomic E-state index is 0.308. The highest BCUT2D eigenvalue weighted by molar-refractivity contribution is 7.11. The number of aryl methyl sites for hydroxylation is 1. The molecular weight excluding hydrogens is 410 g/mol. The number of hydrogen-bond donors (Lipinski definition) is 1. The maximum absolute atomic E-state index is 13.0. The molecule has 7 heteroatoms. The Morgan fingerprint density at radius 3 is 2.68 bits per heavy atom. The number of amides is 1. The number of hydrogen-bond acceptors (Lipinski definition) is 6. The van der Waals surface area contributed by atoms with Crippen molar-refractivity contribution in [1.29, 1.82) is 0 Å². The van der Waals surface area contributed by atoms with Gasteiger partial charge in [-0.2, -0.15) is 5.10 Å². The molecule has 0 aliphatic carbocycles. The summed E-state index contributed by atoms with van der Waals surface area (Å²) < 4.78 is 10.8. The lowest BCUT2D eigenvalue weighted by atomic mass is 10.0. The maximum atomic E-state index is 13.0. The van der Waals surface area contributed by atoms with Crippen molar-refractivity contribution >= 4 is 34.4 Å². The first kappa shape index (κ1) is 20.6. The van der Waals surface area contributed by atoms with Crippen LogP contribution in [0.3, 0.4) is 0 Å². The van der Waals surface area contributed by atoms with Gasteiger partial charge in [0, 0.05) is 21.9 Å². The molecule has 0 fully saturated rings. The Labute approximate surface area is 184 Å². The molecule has 0 saturated carbocycles. The van der Waals surface area contributed by atoms with Crippen molar-refractivity contribution in [3.63, 3.8) is 0 Å². The molecule has 4 aromatic rings. The molecule has 0 spiro atoms. The van der Waals surface area contributed by atoms with E-state index >= 15 is 0 Å². The molecule has 4 rings (SSSR count). The van der Waals surface area contributed by atoms with Gasteiger partial charge < -0.3 is 9.47 Å². The second-order valence-electron chi connectivity index (χ2n) is 6.81. The molecular formula is C24H21N3O3S. The van der Waals surface area contributed by atoms with Crippen molar-refractivity contribution in [3.05, 3.63) is 76.0 Å². The van der Waals surface area contributed by atoms with Crippen molar-refractivity contribution < 1.29 is 14.3 Å². The summed E-state index contributed by atoms with van der Waals surface area (Å²) in [4.78, 5) is 18.8. The van der Waals surface area contributed by atoms with Crippen LogP contribution in [0.2, 0.25) is 0 Å². The number of rotatable bonds is 6. The lowest BCUT2D eigenvalue weighted by Crippen LogP contribution is -2.18. The minimum atomic E-state index is -0.308. The fourth-order valence-electron chi connectivity index (χ4n) is 3.24. The SMILES string of the molecule is COc1ccc(-c2cc(C(=O)NN=Cc3sccc3C)c3ccccc3n2)c(OC)c1. The Kier molecular flexibility index (Phi) is 5.95. The number of carbonyl (C=O) groups excluding carboxylic acids is 1. The number of nitrogens with one attached hydrogen (secondary N) is 1. The average molecular weight is 432 g/mol. The van der Waals surface area contributed by atoms with Crippen molar-refractivity contribution in [2.24, 2.45) is 5.10 Å². The van der Waals surface area contributed by atoms with E-state index < -0.39 is 0 Å². The third kappa shape index (κ3) is 4.27. The van der Waals surface area contributed by atoms with Crippen LogP contribution in [0.25, 0.3) is 22.2 Å². The zero-order valence-electron chi connectivity index (χ0n) is 17.4. The minimum Gasteiger partial charge on any atom is -0.497 e. The number of pyridine rings is 1. The first-order valence-corrected chi connectivity index (χ1v) is 10.5. The lowest BCUT2D eigenvalue weighted by Gasteiger charge is -2.12. The molecule has 1 amide bonds. The van der Waals surface area contributed by atoms with Crippen molar-refractivity contribution in [1.82, 2.24) is 10.4 Å². The van der Waals surface area contributed by atoms with Gasteiger partial charge >= 0.3 is 0 Å². The van der Waals surface area contributed by atoms with E-state index in [4.69, 9.17) is 14.5 Å². The van der Waals surface area contributed by atoms with Crippen molar-refractivity contribution in [2.75, 3.05) is 14.2 Å². The predicted molar refractivity (Wildman–Crippen MR) is 124 cm³/mol. The van der Waals surface area contributed by atoms with Gasteiger partial charge in [-0.05, 0) is 48.2 Å². The van der Waals surface area contributed by atoms with Crippen LogP contribution in [0, 0.1) is 6.92 Å².